The predicted molar refractivity (Wildman–Crippen MR) is 33.8 cm³/mol. The Labute approximate surface area is 44.7 Å². The molecule has 3 nitrogen and oxygen atoms in total. The van der Waals surface area contributed by atoms with E-state index in [0.29, 0.717) is 0 Å². The summed E-state index contributed by atoms with van der Waals surface area (Å²) in [7, 11) is -5.15. The minimum atomic E-state index is -3.60. The Bertz CT molecular complexity index is 58.4. The molecule has 0 saturated carbocycles. The summed E-state index contributed by atoms with van der Waals surface area (Å²) < 4.78 is 0. The maximum absolute atomic E-state index is 8.41. The average molecular weight is 142 g/mol. The Morgan fingerprint density at radius 1 is 1.14 bits per heavy atom. The van der Waals surface area contributed by atoms with Crippen LogP contribution in [0.4, 0.5) is 0 Å². The second kappa shape index (κ2) is 2.20. The van der Waals surface area contributed by atoms with E-state index in [-0.39, 0.29) is 0 Å². The molecule has 0 heterocycles. The zero-order valence-corrected chi connectivity index (χ0v) is 6.57. The molecule has 0 fully saturated rings. The summed E-state index contributed by atoms with van der Waals surface area (Å²) in [5.41, 5.74) is 0. The first-order valence-electron chi connectivity index (χ1n) is 2.11. The molecule has 0 atom stereocenters. The van der Waals surface area contributed by atoms with Crippen LogP contribution in [0.15, 0.2) is 0 Å². The van der Waals surface area contributed by atoms with E-state index < -0.39 is 16.0 Å². The third-order valence-electron chi connectivity index (χ3n) is 0.775. The molecule has 46 valence electrons. The van der Waals surface area contributed by atoms with Crippen molar-refractivity contribution in [1.82, 2.24) is 0 Å². The molecular formula is C2H11O3PSi. The molecular weight excluding hydrogens is 131 g/mol. The van der Waals surface area contributed by atoms with Crippen LogP contribution in [0.3, 0.4) is 0 Å². The van der Waals surface area contributed by atoms with Gasteiger partial charge < -0.3 is 0 Å². The van der Waals surface area contributed by atoms with Crippen LogP contribution >= 0.6 is 7.49 Å². The maximum atomic E-state index is 8.41. The fraction of sp³-hybridized carbons (Fsp3) is 1.00. The summed E-state index contributed by atoms with van der Waals surface area (Å²) >= 11 is 0. The second-order valence-corrected chi connectivity index (χ2v) is 11.3. The summed E-state index contributed by atoms with van der Waals surface area (Å²) in [5, 5.41) is 0. The average Bonchev–Trinajstić information content (AvgIpc) is 1.31. The summed E-state index contributed by atoms with van der Waals surface area (Å²) in [4.78, 5) is 25.2. The third kappa shape index (κ3) is 3.14. The van der Waals surface area contributed by atoms with Crippen LogP contribution in [0, 0.1) is 0 Å². The minimum absolute atomic E-state index is 1.55. The summed E-state index contributed by atoms with van der Waals surface area (Å²) in [6.45, 7) is 3.40. The number of hydrogen-bond acceptors (Lipinski definition) is 3. The Kier molecular flexibility index (Phi) is 2.36. The summed E-state index contributed by atoms with van der Waals surface area (Å²) in [5.74, 6) is 0. The third-order valence-corrected chi connectivity index (χ3v) is 6.97. The number of rotatable bonds is 1. The van der Waals surface area contributed by atoms with E-state index >= 15 is 0 Å². The van der Waals surface area contributed by atoms with Crippen molar-refractivity contribution < 1.29 is 14.7 Å². The van der Waals surface area contributed by atoms with Crippen LogP contribution in [0.25, 0.3) is 0 Å². The van der Waals surface area contributed by atoms with Crippen molar-refractivity contribution in [2.45, 2.75) is 13.1 Å². The van der Waals surface area contributed by atoms with Gasteiger partial charge in [-0.05, 0) is 0 Å². The van der Waals surface area contributed by atoms with Gasteiger partial charge in [0.1, 0.15) is 0 Å². The van der Waals surface area contributed by atoms with Gasteiger partial charge in [-0.25, -0.2) is 0 Å². The zero-order chi connectivity index (χ0) is 6.08. The molecule has 7 heavy (non-hydrogen) atoms. The van der Waals surface area contributed by atoms with Gasteiger partial charge in [0.15, 0.2) is 0 Å². The predicted octanol–water partition coefficient (Wildman–Crippen LogP) is -0.558. The fourth-order valence-corrected chi connectivity index (χ4v) is 0. The molecule has 0 aliphatic rings. The van der Waals surface area contributed by atoms with Crippen LogP contribution in [0.1, 0.15) is 0 Å². The SMILES string of the molecule is C[SiH](C)[PH](O)(O)O. The van der Waals surface area contributed by atoms with Crippen molar-refractivity contribution in [3.63, 3.8) is 0 Å². The van der Waals surface area contributed by atoms with Crippen molar-refractivity contribution in [2.75, 3.05) is 0 Å². The van der Waals surface area contributed by atoms with Gasteiger partial charge >= 0.3 is 43.7 Å². The molecule has 0 aliphatic heterocycles. The van der Waals surface area contributed by atoms with Crippen LogP contribution in [-0.2, 0) is 0 Å². The molecule has 0 aliphatic carbocycles. The standard InChI is InChI=1S/C2H11O3PSi/c1-7(2)6(3,4)5/h3-7H,1-2H3. The van der Waals surface area contributed by atoms with Gasteiger partial charge in [-0.2, -0.15) is 0 Å². The summed E-state index contributed by atoms with van der Waals surface area (Å²) in [6.07, 6.45) is 0. The van der Waals surface area contributed by atoms with E-state index in [1.807, 2.05) is 0 Å². The van der Waals surface area contributed by atoms with Crippen molar-refractivity contribution >= 4 is 16.0 Å². The monoisotopic (exact) mass is 142 g/mol. The van der Waals surface area contributed by atoms with E-state index in [1.165, 1.54) is 0 Å². The van der Waals surface area contributed by atoms with Crippen LogP contribution in [-0.4, -0.2) is 23.1 Å². The molecule has 0 aromatic carbocycles. The van der Waals surface area contributed by atoms with E-state index in [9.17, 15) is 0 Å². The van der Waals surface area contributed by atoms with Gasteiger partial charge in [-0.3, -0.25) is 0 Å². The van der Waals surface area contributed by atoms with Crippen molar-refractivity contribution in [3.8, 4) is 0 Å². The molecule has 0 aromatic heterocycles. The van der Waals surface area contributed by atoms with Gasteiger partial charge in [0, 0.05) is 0 Å². The zero-order valence-electron chi connectivity index (χ0n) is 4.42. The normalized spacial score (nSPS) is 15.1. The van der Waals surface area contributed by atoms with E-state index in [1.54, 1.807) is 13.1 Å². The Balaban J connectivity index is 3.54. The van der Waals surface area contributed by atoms with Gasteiger partial charge in [0.2, 0.25) is 0 Å². The van der Waals surface area contributed by atoms with Crippen molar-refractivity contribution in [2.24, 2.45) is 0 Å². The van der Waals surface area contributed by atoms with Crippen LogP contribution < -0.4 is 0 Å². The molecule has 0 aromatic rings. The Hall–Kier alpha value is 0.527. The number of hydrogen-bond donors (Lipinski definition) is 3. The van der Waals surface area contributed by atoms with Gasteiger partial charge in [-0.1, -0.05) is 0 Å². The topological polar surface area (TPSA) is 60.7 Å². The Morgan fingerprint density at radius 3 is 1.29 bits per heavy atom. The van der Waals surface area contributed by atoms with Gasteiger partial charge in [0.05, 0.1) is 0 Å². The van der Waals surface area contributed by atoms with Crippen LogP contribution in [0.5, 0.6) is 0 Å². The molecule has 3 N–H and O–H groups in total. The van der Waals surface area contributed by atoms with Crippen LogP contribution in [0.2, 0.25) is 13.1 Å². The van der Waals surface area contributed by atoms with E-state index in [4.69, 9.17) is 14.7 Å². The summed E-state index contributed by atoms with van der Waals surface area (Å²) in [6, 6.07) is 0. The van der Waals surface area contributed by atoms with Gasteiger partial charge in [-0.15, -0.1) is 0 Å². The molecule has 0 spiro atoms. The molecule has 0 saturated heterocycles. The fourth-order valence-electron chi connectivity index (χ4n) is 0. The molecule has 5 heteroatoms. The van der Waals surface area contributed by atoms with Gasteiger partial charge in [0.25, 0.3) is 0 Å². The molecule has 0 bridgehead atoms. The first-order chi connectivity index (χ1) is 2.94. The first kappa shape index (κ1) is 7.53. The van der Waals surface area contributed by atoms with Crippen molar-refractivity contribution in [3.05, 3.63) is 0 Å². The quantitative estimate of drug-likeness (QED) is 0.340. The molecule has 0 rings (SSSR count). The first-order valence-corrected chi connectivity index (χ1v) is 8.07. The van der Waals surface area contributed by atoms with Crippen molar-refractivity contribution in [1.29, 1.82) is 0 Å². The molecule has 0 amide bonds. The molecule has 0 unspecified atom stereocenters. The second-order valence-electron chi connectivity index (χ2n) is 1.84. The van der Waals surface area contributed by atoms with E-state index in [0.717, 1.165) is 0 Å². The Morgan fingerprint density at radius 2 is 1.29 bits per heavy atom. The molecule has 0 radical (unpaired) electrons. The van der Waals surface area contributed by atoms with E-state index in [2.05, 4.69) is 0 Å².